The first-order valence-corrected chi connectivity index (χ1v) is 15.3. The lowest BCUT2D eigenvalue weighted by atomic mass is 9.83. The maximum Gasteiger partial charge on any atom is 0.439 e. The molecule has 5 aromatic rings. The zero-order valence-electron chi connectivity index (χ0n) is 24.6. The van der Waals surface area contributed by atoms with Gasteiger partial charge in [-0.3, -0.25) is 9.51 Å². The Hall–Kier alpha value is -4.29. The Bertz CT molecular complexity index is 1830. The van der Waals surface area contributed by atoms with E-state index in [9.17, 15) is 4.79 Å². The van der Waals surface area contributed by atoms with Gasteiger partial charge in [0.25, 0.3) is 0 Å². The number of anilines is 1. The van der Waals surface area contributed by atoms with E-state index < -0.39 is 5.76 Å². The van der Waals surface area contributed by atoms with Crippen LogP contribution in [-0.4, -0.2) is 61.5 Å². The molecule has 13 heteroatoms. The third-order valence-corrected chi connectivity index (χ3v) is 8.85. The van der Waals surface area contributed by atoms with Crippen LogP contribution < -0.4 is 15.4 Å². The van der Waals surface area contributed by atoms with E-state index in [4.69, 9.17) is 40.5 Å². The topological polar surface area (TPSA) is 137 Å². The van der Waals surface area contributed by atoms with Gasteiger partial charge >= 0.3 is 5.76 Å². The highest BCUT2D eigenvalue weighted by atomic mass is 35.5. The number of aromatic amines is 1. The predicted octanol–water partition coefficient (Wildman–Crippen LogP) is 5.30. The molecular weight excluding hydrogens is 584 g/mol. The summed E-state index contributed by atoms with van der Waals surface area (Å²) in [4.78, 5) is 36.1. The van der Waals surface area contributed by atoms with Gasteiger partial charge in [-0.1, -0.05) is 66.9 Å². The van der Waals surface area contributed by atoms with Crippen molar-refractivity contribution in [3.63, 3.8) is 0 Å². The number of fused-ring (bicyclic) bond motifs is 1. The second-order valence-corrected chi connectivity index (χ2v) is 12.0. The molecule has 0 amide bonds. The minimum Gasteiger partial charge on any atom is -0.481 e. The van der Waals surface area contributed by atoms with Crippen LogP contribution in [0.25, 0.3) is 34.1 Å². The van der Waals surface area contributed by atoms with Crippen molar-refractivity contribution in [1.29, 1.82) is 0 Å². The highest BCUT2D eigenvalue weighted by Gasteiger charge is 2.33. The number of ether oxygens (including phenoxy) is 2. The summed E-state index contributed by atoms with van der Waals surface area (Å²) < 4.78 is 18.7. The molecular formula is C31H33ClN8O4. The Balaban J connectivity index is 1.48. The van der Waals surface area contributed by atoms with Crippen LogP contribution in [0.2, 0.25) is 5.02 Å². The van der Waals surface area contributed by atoms with E-state index in [1.54, 1.807) is 13.2 Å². The number of nitrogens with zero attached hydrogens (tertiary/aromatic N) is 7. The smallest absolute Gasteiger partial charge is 0.439 e. The number of nitrogens with one attached hydrogen (secondary N) is 1. The Morgan fingerprint density at radius 3 is 2.68 bits per heavy atom. The molecule has 0 spiro atoms. The lowest BCUT2D eigenvalue weighted by Gasteiger charge is -2.37. The number of halogens is 1. The molecule has 4 aromatic heterocycles. The minimum absolute atomic E-state index is 0.0444. The lowest BCUT2D eigenvalue weighted by molar-refractivity contribution is 0.0927. The van der Waals surface area contributed by atoms with Crippen molar-refractivity contribution in [2.75, 3.05) is 31.8 Å². The molecule has 1 N–H and O–H groups in total. The third-order valence-electron chi connectivity index (χ3n) is 8.65. The van der Waals surface area contributed by atoms with E-state index in [1.807, 2.05) is 18.2 Å². The summed E-state index contributed by atoms with van der Waals surface area (Å²) in [5.41, 5.74) is 3.42. The molecule has 7 rings (SSSR count). The van der Waals surface area contributed by atoms with Gasteiger partial charge in [0, 0.05) is 19.3 Å². The van der Waals surface area contributed by atoms with Crippen molar-refractivity contribution in [3.8, 4) is 28.8 Å². The fourth-order valence-corrected chi connectivity index (χ4v) is 6.52. The Morgan fingerprint density at radius 2 is 1.93 bits per heavy atom. The van der Waals surface area contributed by atoms with Gasteiger partial charge in [-0.05, 0) is 36.3 Å². The highest BCUT2D eigenvalue weighted by Crippen LogP contribution is 2.40. The second-order valence-electron chi connectivity index (χ2n) is 11.6. The van der Waals surface area contributed by atoms with Crippen molar-refractivity contribution < 1.29 is 14.0 Å². The molecule has 1 aliphatic heterocycles. The van der Waals surface area contributed by atoms with Crippen LogP contribution in [0.5, 0.6) is 5.88 Å². The van der Waals surface area contributed by atoms with E-state index in [1.165, 1.54) is 19.0 Å². The molecule has 44 heavy (non-hydrogen) atoms. The Kier molecular flexibility index (Phi) is 7.77. The third kappa shape index (κ3) is 5.43. The molecule has 12 nitrogen and oxygen atoms in total. The normalized spacial score (nSPS) is 20.7. The number of hydrogen-bond donors (Lipinski definition) is 1. The van der Waals surface area contributed by atoms with Gasteiger partial charge in [-0.15, -0.1) is 0 Å². The molecule has 228 valence electrons. The zero-order chi connectivity index (χ0) is 30.2. The summed E-state index contributed by atoms with van der Waals surface area (Å²) in [7, 11) is 1.55. The van der Waals surface area contributed by atoms with Gasteiger partial charge in [0.2, 0.25) is 23.5 Å². The molecule has 1 saturated heterocycles. The van der Waals surface area contributed by atoms with E-state index >= 15 is 0 Å². The first kappa shape index (κ1) is 28.5. The van der Waals surface area contributed by atoms with Crippen LogP contribution in [0.4, 0.5) is 5.95 Å². The molecule has 2 aliphatic rings. The van der Waals surface area contributed by atoms with Gasteiger partial charge in [0.05, 0.1) is 37.0 Å². The molecule has 1 aromatic carbocycles. The average molecular weight is 617 g/mol. The van der Waals surface area contributed by atoms with Crippen molar-refractivity contribution in [2.24, 2.45) is 11.8 Å². The summed E-state index contributed by atoms with van der Waals surface area (Å²) in [5.74, 6) is 1.86. The average Bonchev–Trinajstić information content (AvgIpc) is 3.65. The van der Waals surface area contributed by atoms with Gasteiger partial charge in [-0.2, -0.15) is 4.98 Å². The molecule has 1 aliphatic carbocycles. The summed E-state index contributed by atoms with van der Waals surface area (Å²) in [6.45, 7) is 4.82. The summed E-state index contributed by atoms with van der Waals surface area (Å²) in [5, 5.41) is 4.28. The molecule has 0 bridgehead atoms. The maximum absolute atomic E-state index is 11.9. The number of hydrogen-bond acceptors (Lipinski definition) is 10. The zero-order valence-corrected chi connectivity index (χ0v) is 25.3. The van der Waals surface area contributed by atoms with Gasteiger partial charge in [0.1, 0.15) is 11.2 Å². The van der Waals surface area contributed by atoms with Gasteiger partial charge < -0.3 is 18.9 Å². The number of H-pyrrole nitrogens is 1. The van der Waals surface area contributed by atoms with E-state index in [2.05, 4.69) is 43.6 Å². The number of morpholine rings is 1. The van der Waals surface area contributed by atoms with Crippen LogP contribution in [0.15, 0.2) is 51.9 Å². The summed E-state index contributed by atoms with van der Waals surface area (Å²) >= 11 is 6.48. The Labute approximate surface area is 258 Å². The predicted molar refractivity (Wildman–Crippen MR) is 165 cm³/mol. The number of methoxy groups -OCH3 is 1. The first-order chi connectivity index (χ1) is 21.5. The van der Waals surface area contributed by atoms with E-state index in [0.29, 0.717) is 53.5 Å². The van der Waals surface area contributed by atoms with Crippen LogP contribution in [0.1, 0.15) is 44.2 Å². The van der Waals surface area contributed by atoms with Crippen molar-refractivity contribution in [2.45, 2.75) is 45.2 Å². The fourth-order valence-electron chi connectivity index (χ4n) is 6.36. The van der Waals surface area contributed by atoms with Crippen LogP contribution in [0, 0.1) is 11.8 Å². The fraction of sp³-hybridized carbons (Fsp3) is 0.419. The van der Waals surface area contributed by atoms with E-state index in [-0.39, 0.29) is 17.7 Å². The molecule has 2 fully saturated rings. The molecule has 1 saturated carbocycles. The molecule has 0 unspecified atom stereocenters. The number of benzene rings is 1. The highest BCUT2D eigenvalue weighted by molar-refractivity contribution is 6.30. The Morgan fingerprint density at radius 1 is 1.11 bits per heavy atom. The standard InChI is InChI=1S/C31H33ClN8O4/c1-18-8-10-19(11-9-18)16-40-25-24(22-14-21(32)15-33-29(22)42-2)34-27(28-37-31(41)44-38-28)35-26(25)36-30(40)39-12-13-43-17-23(39)20-6-4-3-5-7-20/h3-7,14-15,18-19,23H,8-13,16-17H2,1-2H3,(H,37,38,41)/t18?,19?,23-/m0/s1. The number of imidazole rings is 1. The summed E-state index contributed by atoms with van der Waals surface area (Å²) in [6.07, 6.45) is 6.16. The van der Waals surface area contributed by atoms with Gasteiger partial charge in [-0.25, -0.2) is 19.7 Å². The number of aromatic nitrogens is 7. The minimum atomic E-state index is -0.705. The number of pyridine rings is 1. The summed E-state index contributed by atoms with van der Waals surface area (Å²) in [6, 6.07) is 12.1. The van der Waals surface area contributed by atoms with Gasteiger partial charge in [0.15, 0.2) is 5.65 Å². The van der Waals surface area contributed by atoms with Crippen LogP contribution in [0.3, 0.4) is 0 Å². The number of rotatable bonds is 7. The molecule has 0 radical (unpaired) electrons. The largest absolute Gasteiger partial charge is 0.481 e. The van der Waals surface area contributed by atoms with Crippen LogP contribution >= 0.6 is 11.6 Å². The quantitative estimate of drug-likeness (QED) is 0.256. The van der Waals surface area contributed by atoms with Crippen molar-refractivity contribution >= 4 is 28.7 Å². The molecule has 5 heterocycles. The monoisotopic (exact) mass is 616 g/mol. The maximum atomic E-state index is 11.9. The van der Waals surface area contributed by atoms with Crippen LogP contribution in [-0.2, 0) is 11.3 Å². The first-order valence-electron chi connectivity index (χ1n) is 14.9. The SMILES string of the molecule is COc1ncc(Cl)cc1-c1nc(-c2noc(=O)[nH]2)nc2nc(N3CCOC[C@H]3c3ccccc3)n(CC3CCC(C)CC3)c12. The molecule has 1 atom stereocenters. The lowest BCUT2D eigenvalue weighted by Crippen LogP contribution is -2.41. The van der Waals surface area contributed by atoms with E-state index in [0.717, 1.165) is 42.3 Å². The van der Waals surface area contributed by atoms with Crippen molar-refractivity contribution in [1.82, 2.24) is 34.6 Å². The second kappa shape index (κ2) is 12.0. The van der Waals surface area contributed by atoms with Crippen molar-refractivity contribution in [3.05, 3.63) is 63.7 Å².